The number of hydrogen-bond donors (Lipinski definition) is 1. The molecule has 6 rings (SSSR count). The Bertz CT molecular complexity index is 1570. The van der Waals surface area contributed by atoms with Crippen molar-refractivity contribution in [2.45, 2.75) is 65.9 Å². The highest BCUT2D eigenvalue weighted by Gasteiger charge is 2.72. The summed E-state index contributed by atoms with van der Waals surface area (Å²) in [6.45, 7) is 12.4. The number of aryl methyl sites for hydroxylation is 1. The van der Waals surface area contributed by atoms with Gasteiger partial charge < -0.3 is 19.5 Å². The van der Waals surface area contributed by atoms with Gasteiger partial charge in [0, 0.05) is 34.9 Å². The third-order valence-electron chi connectivity index (χ3n) is 8.52. The lowest BCUT2D eigenvalue weighted by atomic mass is 9.94. The van der Waals surface area contributed by atoms with E-state index in [-0.39, 0.29) is 48.8 Å². The normalized spacial score (nSPS) is 24.2. The van der Waals surface area contributed by atoms with Gasteiger partial charge in [0.05, 0.1) is 47.4 Å². The van der Waals surface area contributed by atoms with Crippen LogP contribution in [0.3, 0.4) is 0 Å². The highest BCUT2D eigenvalue weighted by atomic mass is 32.1. The third kappa shape index (κ3) is 4.87. The highest BCUT2D eigenvalue weighted by Crippen LogP contribution is 2.63. The molecular weight excluding hydrogens is 556 g/mol. The lowest BCUT2D eigenvalue weighted by Gasteiger charge is -2.36. The minimum Gasteiger partial charge on any atom is -0.444 e. The molecule has 1 saturated carbocycles. The summed E-state index contributed by atoms with van der Waals surface area (Å²) in [7, 11) is 0. The molecule has 0 aromatic carbocycles. The second kappa shape index (κ2) is 10.1. The van der Waals surface area contributed by atoms with Gasteiger partial charge in [-0.25, -0.2) is 4.79 Å². The number of carbonyl (C=O) groups excluding carboxylic acids is 3. The summed E-state index contributed by atoms with van der Waals surface area (Å²) < 4.78 is 12.4. The van der Waals surface area contributed by atoms with Gasteiger partial charge in [-0.15, -0.1) is 11.3 Å². The standard InChI is InChI=1S/C31H36N4O6S/c1-16-7-9-33-24(21(16)25(36)20-15-34(11-12-40-20)29(39)41-30(2,3)4)18-8-10-32-19-13-17(42-26(18)19)14-35-27(37)22-23(28(35)38)31(22,5)6/h7-10,13,20,22-23,25,36H,11-12,14-15H2,1-6H3/t20-,22?,23?,25?/m0/s1. The number of aliphatic hydroxyl groups excluding tert-OH is 1. The van der Waals surface area contributed by atoms with Crippen molar-refractivity contribution in [3.05, 3.63) is 46.6 Å². The zero-order valence-corrected chi connectivity index (χ0v) is 25.5. The number of thiophene rings is 1. The summed E-state index contributed by atoms with van der Waals surface area (Å²) in [6, 6.07) is 5.61. The Morgan fingerprint density at radius 2 is 1.88 bits per heavy atom. The molecule has 222 valence electrons. The van der Waals surface area contributed by atoms with E-state index in [1.54, 1.807) is 17.3 Å². The SMILES string of the molecule is Cc1ccnc(-c2ccnc3cc(CN4C(=O)C5C(C4=O)C5(C)C)sc23)c1C(O)[C@@H]1CN(C(=O)OC(C)(C)C)CCO1. The van der Waals surface area contributed by atoms with Crippen molar-refractivity contribution in [1.29, 1.82) is 0 Å². The van der Waals surface area contributed by atoms with E-state index in [9.17, 15) is 19.5 Å². The molecule has 3 aromatic heterocycles. The van der Waals surface area contributed by atoms with Crippen molar-refractivity contribution in [2.24, 2.45) is 17.3 Å². The van der Waals surface area contributed by atoms with E-state index in [1.165, 1.54) is 16.2 Å². The van der Waals surface area contributed by atoms with Gasteiger partial charge in [0.1, 0.15) is 17.8 Å². The Hall–Kier alpha value is -3.41. The summed E-state index contributed by atoms with van der Waals surface area (Å²) in [5.74, 6) is -0.637. The van der Waals surface area contributed by atoms with Crippen LogP contribution in [0.2, 0.25) is 0 Å². The number of pyridine rings is 2. The average molecular weight is 593 g/mol. The first-order valence-corrected chi connectivity index (χ1v) is 15.1. The Labute approximate surface area is 248 Å². The van der Waals surface area contributed by atoms with Gasteiger partial charge in [-0.1, -0.05) is 13.8 Å². The number of ether oxygens (including phenoxy) is 2. The molecule has 3 unspecified atom stereocenters. The molecule has 11 heteroatoms. The number of hydrogen-bond acceptors (Lipinski definition) is 9. The zero-order chi connectivity index (χ0) is 30.1. The molecule has 42 heavy (non-hydrogen) atoms. The lowest BCUT2D eigenvalue weighted by Crippen LogP contribution is -2.49. The fourth-order valence-corrected chi connectivity index (χ4v) is 7.39. The maximum atomic E-state index is 12.9. The molecule has 2 saturated heterocycles. The zero-order valence-electron chi connectivity index (χ0n) is 24.7. The number of amides is 3. The van der Waals surface area contributed by atoms with Crippen LogP contribution in [0.4, 0.5) is 4.79 Å². The molecule has 5 heterocycles. The number of aliphatic hydroxyl groups is 1. The summed E-state index contributed by atoms with van der Waals surface area (Å²) in [5.41, 5.74) is 2.68. The van der Waals surface area contributed by atoms with Crippen LogP contribution in [0.15, 0.2) is 30.6 Å². The Kier molecular flexibility index (Phi) is 6.90. The van der Waals surface area contributed by atoms with Crippen molar-refractivity contribution in [1.82, 2.24) is 19.8 Å². The molecule has 10 nitrogen and oxygen atoms in total. The van der Waals surface area contributed by atoms with Gasteiger partial charge in [-0.2, -0.15) is 0 Å². The number of nitrogens with zero attached hydrogens (tertiary/aromatic N) is 4. The Balaban J connectivity index is 1.29. The molecule has 0 bridgehead atoms. The van der Waals surface area contributed by atoms with E-state index in [0.29, 0.717) is 17.8 Å². The second-order valence-electron chi connectivity index (χ2n) is 13.0. The third-order valence-corrected chi connectivity index (χ3v) is 9.67. The molecule has 3 aromatic rings. The first-order chi connectivity index (χ1) is 19.8. The Morgan fingerprint density at radius 1 is 1.19 bits per heavy atom. The molecule has 1 N–H and O–H groups in total. The van der Waals surface area contributed by atoms with Crippen molar-refractivity contribution in [2.75, 3.05) is 19.7 Å². The molecule has 3 fully saturated rings. The van der Waals surface area contributed by atoms with Crippen LogP contribution in [0.25, 0.3) is 21.5 Å². The predicted molar refractivity (Wildman–Crippen MR) is 156 cm³/mol. The van der Waals surface area contributed by atoms with Crippen LogP contribution in [-0.4, -0.2) is 74.2 Å². The smallest absolute Gasteiger partial charge is 0.410 e. The minimum absolute atomic E-state index is 0.0979. The van der Waals surface area contributed by atoms with Gasteiger partial charge in [0.2, 0.25) is 11.8 Å². The first kappa shape index (κ1) is 28.7. The number of aromatic nitrogens is 2. The van der Waals surface area contributed by atoms with Crippen LogP contribution in [-0.2, 0) is 25.6 Å². The van der Waals surface area contributed by atoms with Crippen LogP contribution in [0, 0.1) is 24.2 Å². The summed E-state index contributed by atoms with van der Waals surface area (Å²) in [5, 5.41) is 11.7. The van der Waals surface area contributed by atoms with Gasteiger partial charge >= 0.3 is 6.09 Å². The molecule has 3 aliphatic rings. The highest BCUT2D eigenvalue weighted by molar-refractivity contribution is 7.19. The maximum Gasteiger partial charge on any atom is 0.410 e. The van der Waals surface area contributed by atoms with E-state index < -0.39 is 23.9 Å². The fraction of sp³-hybridized carbons (Fsp3) is 0.516. The van der Waals surface area contributed by atoms with Crippen molar-refractivity contribution in [3.8, 4) is 11.3 Å². The summed E-state index contributed by atoms with van der Waals surface area (Å²) >= 11 is 1.47. The number of likely N-dealkylation sites (tertiary alicyclic amines) is 1. The number of carbonyl (C=O) groups is 3. The Morgan fingerprint density at radius 3 is 2.57 bits per heavy atom. The molecule has 2 aliphatic heterocycles. The first-order valence-electron chi connectivity index (χ1n) is 14.2. The molecule has 3 amide bonds. The van der Waals surface area contributed by atoms with E-state index in [1.807, 2.05) is 59.7 Å². The predicted octanol–water partition coefficient (Wildman–Crippen LogP) is 4.48. The summed E-state index contributed by atoms with van der Waals surface area (Å²) in [4.78, 5) is 51.6. The van der Waals surface area contributed by atoms with Crippen molar-refractivity contribution < 1.29 is 29.0 Å². The second-order valence-corrected chi connectivity index (χ2v) is 14.1. The summed E-state index contributed by atoms with van der Waals surface area (Å²) in [6.07, 6.45) is 1.22. The van der Waals surface area contributed by atoms with Crippen LogP contribution >= 0.6 is 11.3 Å². The minimum atomic E-state index is -1.06. The average Bonchev–Trinajstić information content (AvgIpc) is 3.16. The largest absolute Gasteiger partial charge is 0.444 e. The number of morpholine rings is 1. The van der Waals surface area contributed by atoms with E-state index in [4.69, 9.17) is 9.47 Å². The van der Waals surface area contributed by atoms with E-state index in [0.717, 1.165) is 26.2 Å². The topological polar surface area (TPSA) is 122 Å². The number of imide groups is 1. The van der Waals surface area contributed by atoms with Crippen LogP contribution in [0.1, 0.15) is 56.7 Å². The molecule has 1 aliphatic carbocycles. The maximum absolute atomic E-state index is 12.9. The monoisotopic (exact) mass is 592 g/mol. The molecular formula is C31H36N4O6S. The van der Waals surface area contributed by atoms with E-state index in [2.05, 4.69) is 9.97 Å². The quantitative estimate of drug-likeness (QED) is 0.431. The van der Waals surface area contributed by atoms with Crippen molar-refractivity contribution >= 4 is 39.5 Å². The lowest BCUT2D eigenvalue weighted by molar-refractivity contribution is -0.143. The van der Waals surface area contributed by atoms with Gasteiger partial charge in [-0.05, 0) is 56.9 Å². The number of fused-ring (bicyclic) bond motifs is 2. The molecule has 0 spiro atoms. The molecule has 0 radical (unpaired) electrons. The van der Waals surface area contributed by atoms with Gasteiger partial charge in [0.15, 0.2) is 0 Å². The number of piperidine rings is 1. The molecule has 4 atom stereocenters. The van der Waals surface area contributed by atoms with Gasteiger partial charge in [0.25, 0.3) is 0 Å². The van der Waals surface area contributed by atoms with Crippen LogP contribution < -0.4 is 0 Å². The number of rotatable bonds is 5. The van der Waals surface area contributed by atoms with Crippen LogP contribution in [0.5, 0.6) is 0 Å². The fourth-order valence-electron chi connectivity index (χ4n) is 6.27. The van der Waals surface area contributed by atoms with Gasteiger partial charge in [-0.3, -0.25) is 24.5 Å². The van der Waals surface area contributed by atoms with E-state index >= 15 is 0 Å². The van der Waals surface area contributed by atoms with Crippen molar-refractivity contribution in [3.63, 3.8) is 0 Å².